The van der Waals surface area contributed by atoms with Crippen LogP contribution in [0.5, 0.6) is 0 Å². The third-order valence-corrected chi connectivity index (χ3v) is 4.98. The summed E-state index contributed by atoms with van der Waals surface area (Å²) < 4.78 is 25.1. The van der Waals surface area contributed by atoms with Crippen molar-refractivity contribution in [3.05, 3.63) is 29.6 Å². The van der Waals surface area contributed by atoms with Crippen LogP contribution in [-0.4, -0.2) is 56.8 Å². The van der Waals surface area contributed by atoms with Crippen LogP contribution in [0.3, 0.4) is 0 Å². The third kappa shape index (κ3) is 4.25. The van der Waals surface area contributed by atoms with Crippen molar-refractivity contribution in [3.8, 4) is 0 Å². The lowest BCUT2D eigenvalue weighted by molar-refractivity contribution is -0.0626. The maximum absolute atomic E-state index is 14.5. The van der Waals surface area contributed by atoms with E-state index in [-0.39, 0.29) is 11.9 Å². The molecular formula is C18H27FN2O3. The zero-order valence-corrected chi connectivity index (χ0v) is 14.3. The first-order valence-corrected chi connectivity index (χ1v) is 8.73. The molecule has 2 heterocycles. The van der Waals surface area contributed by atoms with E-state index in [9.17, 15) is 9.50 Å². The van der Waals surface area contributed by atoms with Crippen molar-refractivity contribution in [2.75, 3.05) is 51.0 Å². The summed E-state index contributed by atoms with van der Waals surface area (Å²) in [5.74, 6) is -0.201. The standard InChI is InChI=1S/C18H27FN2O3/c1-14(20-13-18(22)4-8-23-9-5-18)15-2-3-17(16(19)12-15)21-6-10-24-11-7-21/h2-3,12,14,20,22H,4-11,13H2,1H3. The van der Waals surface area contributed by atoms with E-state index in [1.54, 1.807) is 6.07 Å². The second-order valence-electron chi connectivity index (χ2n) is 6.75. The molecule has 0 aromatic heterocycles. The number of rotatable bonds is 5. The number of ether oxygens (including phenoxy) is 2. The molecule has 2 N–H and O–H groups in total. The highest BCUT2D eigenvalue weighted by Crippen LogP contribution is 2.25. The zero-order chi connectivity index (χ0) is 17.0. The summed E-state index contributed by atoms with van der Waals surface area (Å²) in [5, 5.41) is 13.8. The van der Waals surface area contributed by atoms with Gasteiger partial charge in [-0.15, -0.1) is 0 Å². The average Bonchev–Trinajstić information content (AvgIpc) is 2.61. The third-order valence-electron chi connectivity index (χ3n) is 4.98. The molecule has 0 saturated carbocycles. The van der Waals surface area contributed by atoms with Gasteiger partial charge in [0, 0.05) is 51.7 Å². The van der Waals surface area contributed by atoms with E-state index in [2.05, 4.69) is 5.32 Å². The lowest BCUT2D eigenvalue weighted by Crippen LogP contribution is -2.45. The normalized spacial score (nSPS) is 22.4. The van der Waals surface area contributed by atoms with Crippen LogP contribution in [0.15, 0.2) is 18.2 Å². The molecule has 24 heavy (non-hydrogen) atoms. The van der Waals surface area contributed by atoms with Gasteiger partial charge in [-0.3, -0.25) is 0 Å². The molecule has 1 atom stereocenters. The lowest BCUT2D eigenvalue weighted by Gasteiger charge is -2.33. The minimum absolute atomic E-state index is 0.0230. The van der Waals surface area contributed by atoms with E-state index in [4.69, 9.17) is 9.47 Å². The van der Waals surface area contributed by atoms with Gasteiger partial charge in [-0.2, -0.15) is 0 Å². The quantitative estimate of drug-likeness (QED) is 0.858. The van der Waals surface area contributed by atoms with Crippen molar-refractivity contribution in [3.63, 3.8) is 0 Å². The van der Waals surface area contributed by atoms with Gasteiger partial charge in [-0.25, -0.2) is 4.39 Å². The smallest absolute Gasteiger partial charge is 0.146 e. The SMILES string of the molecule is CC(NCC1(O)CCOCC1)c1ccc(N2CCOCC2)c(F)c1. The predicted octanol–water partition coefficient (Wildman–Crippen LogP) is 1.85. The van der Waals surface area contributed by atoms with Gasteiger partial charge < -0.3 is 24.8 Å². The Morgan fingerprint density at radius 1 is 1.21 bits per heavy atom. The van der Waals surface area contributed by atoms with Crippen LogP contribution >= 0.6 is 0 Å². The Morgan fingerprint density at radius 3 is 2.54 bits per heavy atom. The Bertz CT molecular complexity index is 543. The minimum Gasteiger partial charge on any atom is -0.388 e. The number of aliphatic hydroxyl groups is 1. The molecule has 5 nitrogen and oxygen atoms in total. The van der Waals surface area contributed by atoms with Gasteiger partial charge in [0.05, 0.1) is 24.5 Å². The Labute approximate surface area is 142 Å². The lowest BCUT2D eigenvalue weighted by atomic mass is 9.94. The first-order chi connectivity index (χ1) is 11.6. The van der Waals surface area contributed by atoms with Crippen molar-refractivity contribution in [1.29, 1.82) is 0 Å². The summed E-state index contributed by atoms with van der Waals surface area (Å²) in [5.41, 5.74) is 0.802. The molecule has 3 rings (SSSR count). The first kappa shape index (κ1) is 17.6. The monoisotopic (exact) mass is 338 g/mol. The van der Waals surface area contributed by atoms with E-state index in [1.807, 2.05) is 24.0 Å². The summed E-state index contributed by atoms with van der Waals surface area (Å²) in [7, 11) is 0. The molecular weight excluding hydrogens is 311 g/mol. The molecule has 0 aliphatic carbocycles. The summed E-state index contributed by atoms with van der Waals surface area (Å²) in [6.07, 6.45) is 1.27. The van der Waals surface area contributed by atoms with Crippen LogP contribution in [0.4, 0.5) is 10.1 Å². The molecule has 1 aromatic carbocycles. The molecule has 2 fully saturated rings. The summed E-state index contributed by atoms with van der Waals surface area (Å²) in [6, 6.07) is 5.37. The molecule has 0 radical (unpaired) electrons. The van der Waals surface area contributed by atoms with Gasteiger partial charge >= 0.3 is 0 Å². The molecule has 0 spiro atoms. The number of halogens is 1. The molecule has 2 saturated heterocycles. The first-order valence-electron chi connectivity index (χ1n) is 8.73. The van der Waals surface area contributed by atoms with Gasteiger partial charge in [-0.05, 0) is 24.6 Å². The van der Waals surface area contributed by atoms with E-state index < -0.39 is 5.60 Å². The largest absolute Gasteiger partial charge is 0.388 e. The van der Waals surface area contributed by atoms with Crippen LogP contribution in [-0.2, 0) is 9.47 Å². The van der Waals surface area contributed by atoms with Crippen LogP contribution in [0, 0.1) is 5.82 Å². The second-order valence-corrected chi connectivity index (χ2v) is 6.75. The molecule has 6 heteroatoms. The fourth-order valence-electron chi connectivity index (χ4n) is 3.24. The molecule has 1 aromatic rings. The Balaban J connectivity index is 1.60. The van der Waals surface area contributed by atoms with E-state index in [0.717, 1.165) is 18.7 Å². The van der Waals surface area contributed by atoms with Crippen LogP contribution in [0.25, 0.3) is 0 Å². The molecule has 134 valence electrons. The van der Waals surface area contributed by atoms with Crippen LogP contribution < -0.4 is 10.2 Å². The molecule has 1 unspecified atom stereocenters. The van der Waals surface area contributed by atoms with E-state index in [1.165, 1.54) is 0 Å². The molecule has 2 aliphatic rings. The van der Waals surface area contributed by atoms with Gasteiger partial charge in [0.25, 0.3) is 0 Å². The molecule has 0 bridgehead atoms. The van der Waals surface area contributed by atoms with Gasteiger partial charge in [0.1, 0.15) is 5.82 Å². The van der Waals surface area contributed by atoms with Crippen molar-refractivity contribution in [1.82, 2.24) is 5.32 Å². The number of benzene rings is 1. The minimum atomic E-state index is -0.723. The number of anilines is 1. The molecule has 0 amide bonds. The van der Waals surface area contributed by atoms with E-state index in [0.29, 0.717) is 51.5 Å². The highest BCUT2D eigenvalue weighted by Gasteiger charge is 2.30. The fourth-order valence-corrected chi connectivity index (χ4v) is 3.24. The number of nitrogens with zero attached hydrogens (tertiary/aromatic N) is 1. The zero-order valence-electron chi connectivity index (χ0n) is 14.3. The number of hydrogen-bond acceptors (Lipinski definition) is 5. The Kier molecular flexibility index (Phi) is 5.71. The van der Waals surface area contributed by atoms with Crippen molar-refractivity contribution in [2.24, 2.45) is 0 Å². The molecule has 2 aliphatic heterocycles. The van der Waals surface area contributed by atoms with Gasteiger partial charge in [0.2, 0.25) is 0 Å². The van der Waals surface area contributed by atoms with E-state index >= 15 is 0 Å². The Hall–Kier alpha value is -1.21. The Morgan fingerprint density at radius 2 is 1.88 bits per heavy atom. The second kappa shape index (κ2) is 7.78. The average molecular weight is 338 g/mol. The topological polar surface area (TPSA) is 54.0 Å². The maximum Gasteiger partial charge on any atom is 0.146 e. The van der Waals surface area contributed by atoms with Gasteiger partial charge in [-0.1, -0.05) is 6.07 Å². The summed E-state index contributed by atoms with van der Waals surface area (Å²) in [4.78, 5) is 2.02. The summed E-state index contributed by atoms with van der Waals surface area (Å²) >= 11 is 0. The highest BCUT2D eigenvalue weighted by molar-refractivity contribution is 5.49. The van der Waals surface area contributed by atoms with Crippen LogP contribution in [0.2, 0.25) is 0 Å². The van der Waals surface area contributed by atoms with Gasteiger partial charge in [0.15, 0.2) is 0 Å². The summed E-state index contributed by atoms with van der Waals surface area (Å²) in [6.45, 7) is 6.39. The van der Waals surface area contributed by atoms with Crippen molar-refractivity contribution < 1.29 is 19.0 Å². The highest BCUT2D eigenvalue weighted by atomic mass is 19.1. The number of hydrogen-bond donors (Lipinski definition) is 2. The number of nitrogens with one attached hydrogen (secondary N) is 1. The van der Waals surface area contributed by atoms with Crippen LogP contribution in [0.1, 0.15) is 31.4 Å². The van der Waals surface area contributed by atoms with Crippen molar-refractivity contribution >= 4 is 5.69 Å². The van der Waals surface area contributed by atoms with Crippen molar-refractivity contribution in [2.45, 2.75) is 31.4 Å². The maximum atomic E-state index is 14.5. The number of morpholine rings is 1. The fraction of sp³-hybridized carbons (Fsp3) is 0.667. The predicted molar refractivity (Wildman–Crippen MR) is 90.9 cm³/mol.